The third-order valence-corrected chi connectivity index (χ3v) is 21.3. The maximum atomic E-state index is 13.3. The molecule has 1 saturated carbocycles. The normalized spacial score (nSPS) is 34.4. The van der Waals surface area contributed by atoms with Crippen molar-refractivity contribution in [2.45, 2.75) is 71.5 Å². The zero-order valence-corrected chi connectivity index (χ0v) is 33.2. The summed E-state index contributed by atoms with van der Waals surface area (Å²) in [5, 5.41) is 19.6. The number of carbonyl (C=O) groups excluding carboxylic acids is 1. The van der Waals surface area contributed by atoms with Crippen LogP contribution in [0.2, 0.25) is 0 Å². The van der Waals surface area contributed by atoms with Crippen LogP contribution in [0, 0.1) is 5.92 Å². The highest BCUT2D eigenvalue weighted by atomic mass is 16.5. The summed E-state index contributed by atoms with van der Waals surface area (Å²) in [4.78, 5) is 13.3. The Hall–Kier alpha value is -6.25. The SMILES string of the molecule is COC(=O)CCCC1(c2ccccc2)C23c4c5c6c7c8c4c4c2c2c9c%10c%11cc%12c9c9c%13c2c2c%14c%15c%16c(cc(c8c%16c24)C7C=CC6=C2C=CC%11C(C25)C%1013)CC%15=CC%13%14C=C9C%12. The minimum absolute atomic E-state index is 0.0776. The van der Waals surface area contributed by atoms with Crippen LogP contribution in [-0.4, -0.2) is 13.1 Å². The lowest BCUT2D eigenvalue weighted by atomic mass is 9.57. The van der Waals surface area contributed by atoms with E-state index in [9.17, 15) is 4.79 Å². The number of fused-ring (bicyclic) bond motifs is 2. The van der Waals surface area contributed by atoms with Gasteiger partial charge in [0.05, 0.1) is 12.5 Å². The largest absolute Gasteiger partial charge is 0.469 e. The van der Waals surface area contributed by atoms with Gasteiger partial charge in [0.15, 0.2) is 0 Å². The van der Waals surface area contributed by atoms with E-state index < -0.39 is 0 Å². The first-order valence-electron chi connectivity index (χ1n) is 23.2. The minimum atomic E-state index is -0.224. The number of allylic oxidation sites excluding steroid dienone is 10. The molecule has 0 N–H and O–H groups in total. The fraction of sp³-hybridized carbons (Fsp3) is 0.237. The van der Waals surface area contributed by atoms with Gasteiger partial charge in [-0.1, -0.05) is 78.9 Å². The standard InChI is InChI=1S/C59H30O2/c1-61-31(60)8-5-13-57(24-6-3-2-4-7-24)58-50-28-12-11-26-25-9-10-27-29-16-20-14-22-18-56-19-23-15-21-17-30(28)51(58)43-33(21)35(23)53(56)48-45-42-40(32(20)34(22)52(45)56)38(29)41-36(27)37(25)44(39(26)50)54-46(41)47(42)55(49(43)48)59(54,57)58/h2-4,6-7,9-12,16-19,27-28,39,50H,5,8,13-15H2,1H3. The topological polar surface area (TPSA) is 26.3 Å². The van der Waals surface area contributed by atoms with E-state index in [-0.39, 0.29) is 27.6 Å². The Bertz CT molecular complexity index is 4280. The van der Waals surface area contributed by atoms with Crippen molar-refractivity contribution in [3.05, 3.63) is 168 Å². The van der Waals surface area contributed by atoms with Gasteiger partial charge in [-0.3, -0.25) is 4.79 Å². The van der Waals surface area contributed by atoms with Gasteiger partial charge in [-0.15, -0.1) is 0 Å². The predicted molar refractivity (Wildman–Crippen MR) is 239 cm³/mol. The van der Waals surface area contributed by atoms with Crippen molar-refractivity contribution in [2.24, 2.45) is 5.92 Å². The molecular weight excluding hydrogens is 741 g/mol. The first-order valence-corrected chi connectivity index (χ1v) is 23.2. The highest BCUT2D eigenvalue weighted by molar-refractivity contribution is 6.49. The fourth-order valence-corrected chi connectivity index (χ4v) is 21.0. The second-order valence-electron chi connectivity index (χ2n) is 22.0. The first-order chi connectivity index (χ1) is 30.1. The van der Waals surface area contributed by atoms with Crippen LogP contribution < -0.4 is 0 Å². The minimum Gasteiger partial charge on any atom is -0.469 e. The van der Waals surface area contributed by atoms with Gasteiger partial charge in [0.2, 0.25) is 0 Å². The molecule has 22 rings (SSSR count). The van der Waals surface area contributed by atoms with E-state index >= 15 is 0 Å². The van der Waals surface area contributed by atoms with Gasteiger partial charge >= 0.3 is 5.97 Å². The van der Waals surface area contributed by atoms with Crippen LogP contribution >= 0.6 is 0 Å². The van der Waals surface area contributed by atoms with E-state index in [1.165, 1.54) is 11.1 Å². The zero-order chi connectivity index (χ0) is 38.2. The fourth-order valence-electron chi connectivity index (χ4n) is 21.0. The van der Waals surface area contributed by atoms with Crippen molar-refractivity contribution in [2.75, 3.05) is 7.11 Å². The third kappa shape index (κ3) is 1.87. The van der Waals surface area contributed by atoms with Gasteiger partial charge in [0, 0.05) is 40.4 Å². The average molecular weight is 771 g/mol. The number of esters is 1. The highest BCUT2D eigenvalue weighted by Gasteiger charge is 2.97. The van der Waals surface area contributed by atoms with Crippen molar-refractivity contribution >= 4 is 87.3 Å². The molecule has 278 valence electrons. The van der Waals surface area contributed by atoms with Crippen molar-refractivity contribution in [1.82, 2.24) is 0 Å². The molecule has 8 atom stereocenters. The molecule has 2 nitrogen and oxygen atoms in total. The van der Waals surface area contributed by atoms with Gasteiger partial charge < -0.3 is 4.74 Å². The lowest BCUT2D eigenvalue weighted by Gasteiger charge is -2.44. The molecular formula is C59H30O2. The molecule has 0 bridgehead atoms. The highest BCUT2D eigenvalue weighted by Crippen LogP contribution is 2.98. The predicted octanol–water partition coefficient (Wildman–Crippen LogP) is 11.9. The molecule has 0 saturated heterocycles. The molecule has 0 heterocycles. The quantitative estimate of drug-likeness (QED) is 0.0990. The molecule has 0 radical (unpaired) electrons. The Morgan fingerprint density at radius 2 is 1.39 bits per heavy atom. The van der Waals surface area contributed by atoms with Crippen LogP contribution in [0.5, 0.6) is 0 Å². The summed E-state index contributed by atoms with van der Waals surface area (Å²) in [7, 11) is 1.57. The van der Waals surface area contributed by atoms with Gasteiger partial charge in [0.1, 0.15) is 0 Å². The van der Waals surface area contributed by atoms with Crippen molar-refractivity contribution in [3.63, 3.8) is 0 Å². The van der Waals surface area contributed by atoms with E-state index in [0.717, 1.165) is 25.7 Å². The van der Waals surface area contributed by atoms with Crippen molar-refractivity contribution in [3.8, 4) is 0 Å². The Labute approximate surface area is 347 Å². The van der Waals surface area contributed by atoms with Gasteiger partial charge in [-0.05, 0) is 202 Å². The molecule has 0 aliphatic heterocycles. The summed E-state index contributed by atoms with van der Waals surface area (Å²) in [5.41, 5.74) is 30.3. The second kappa shape index (κ2) is 7.14. The summed E-state index contributed by atoms with van der Waals surface area (Å²) in [6, 6.07) is 17.5. The van der Waals surface area contributed by atoms with Crippen LogP contribution in [0.4, 0.5) is 0 Å². The molecule has 0 aromatic heterocycles. The van der Waals surface area contributed by atoms with Crippen LogP contribution in [0.25, 0.3) is 81.4 Å². The first kappa shape index (κ1) is 27.6. The average Bonchev–Trinajstić information content (AvgIpc) is 4.10. The Kier molecular flexibility index (Phi) is 3.23. The summed E-state index contributed by atoms with van der Waals surface area (Å²) >= 11 is 0. The maximum Gasteiger partial charge on any atom is 0.305 e. The smallest absolute Gasteiger partial charge is 0.305 e. The van der Waals surface area contributed by atoms with Gasteiger partial charge in [-0.25, -0.2) is 0 Å². The number of methoxy groups -OCH3 is 1. The number of ether oxygens (including phenoxy) is 1. The summed E-state index contributed by atoms with van der Waals surface area (Å²) < 4.78 is 5.43. The van der Waals surface area contributed by atoms with Crippen LogP contribution in [0.15, 0.2) is 84.5 Å². The summed E-state index contributed by atoms with van der Waals surface area (Å²) in [6.07, 6.45) is 20.6. The number of benzene rings is 8. The Morgan fingerprint density at radius 1 is 0.689 bits per heavy atom. The van der Waals surface area contributed by atoms with Crippen molar-refractivity contribution in [1.29, 1.82) is 0 Å². The van der Waals surface area contributed by atoms with E-state index in [2.05, 4.69) is 78.9 Å². The number of carbonyl (C=O) groups is 1. The lowest BCUT2D eigenvalue weighted by molar-refractivity contribution is -0.140. The molecule has 61 heavy (non-hydrogen) atoms. The number of hydrogen-bond acceptors (Lipinski definition) is 2. The number of hydrogen-bond donors (Lipinski definition) is 0. The van der Waals surface area contributed by atoms with E-state index in [1.54, 1.807) is 166 Å². The van der Waals surface area contributed by atoms with Crippen LogP contribution in [-0.2, 0) is 44.0 Å². The summed E-state index contributed by atoms with van der Waals surface area (Å²) in [5.74, 6) is 1.37. The third-order valence-electron chi connectivity index (χ3n) is 21.3. The van der Waals surface area contributed by atoms with Crippen LogP contribution in [0.1, 0.15) is 120 Å². The van der Waals surface area contributed by atoms with Crippen molar-refractivity contribution < 1.29 is 9.53 Å². The zero-order valence-electron chi connectivity index (χ0n) is 33.2. The summed E-state index contributed by atoms with van der Waals surface area (Å²) in [6.45, 7) is 0. The Balaban J connectivity index is 1.12. The second-order valence-corrected chi connectivity index (χ2v) is 22.0. The molecule has 2 heteroatoms. The molecule has 3 spiro atoms. The molecule has 14 aliphatic rings. The molecule has 8 unspecified atom stereocenters. The van der Waals surface area contributed by atoms with E-state index in [0.29, 0.717) is 30.1 Å². The van der Waals surface area contributed by atoms with Gasteiger partial charge in [-0.2, -0.15) is 0 Å². The molecule has 0 amide bonds. The van der Waals surface area contributed by atoms with Gasteiger partial charge in [0.25, 0.3) is 0 Å². The van der Waals surface area contributed by atoms with E-state index in [1.807, 2.05) is 0 Å². The molecule has 14 aliphatic carbocycles. The molecule has 8 aromatic carbocycles. The monoisotopic (exact) mass is 770 g/mol. The number of rotatable bonds is 5. The molecule has 1 fully saturated rings. The van der Waals surface area contributed by atoms with Crippen LogP contribution in [0.3, 0.4) is 0 Å². The maximum absolute atomic E-state index is 13.3. The lowest BCUT2D eigenvalue weighted by Crippen LogP contribution is -2.40. The molecule has 8 aromatic rings. The Morgan fingerprint density at radius 3 is 2.21 bits per heavy atom. The van der Waals surface area contributed by atoms with E-state index in [4.69, 9.17) is 4.74 Å².